The van der Waals surface area contributed by atoms with Crippen molar-refractivity contribution >= 4 is 11.5 Å². The number of phenolic OH excluding ortho intramolecular Hbond substituents is 1. The molecule has 0 spiro atoms. The van der Waals surface area contributed by atoms with Crippen molar-refractivity contribution in [3.8, 4) is 5.75 Å². The van der Waals surface area contributed by atoms with E-state index in [0.29, 0.717) is 31.4 Å². The van der Waals surface area contributed by atoms with Gasteiger partial charge < -0.3 is 9.84 Å². The van der Waals surface area contributed by atoms with E-state index in [1.165, 1.54) is 18.2 Å². The number of phenols is 1. The molecule has 1 aromatic carbocycles. The summed E-state index contributed by atoms with van der Waals surface area (Å²) in [5, 5.41) is 9.51. The normalized spacial score (nSPS) is 17.1. The molecule has 0 bridgehead atoms. The van der Waals surface area contributed by atoms with E-state index in [1.807, 2.05) is 13.8 Å². The molecule has 1 aliphatic carbocycles. The second-order valence-electron chi connectivity index (χ2n) is 5.02. The molecule has 0 heterocycles. The molecule has 1 atom stereocenters. The van der Waals surface area contributed by atoms with Crippen molar-refractivity contribution in [3.05, 3.63) is 35.4 Å². The van der Waals surface area contributed by atoms with Crippen molar-refractivity contribution in [2.24, 2.45) is 5.92 Å². The van der Waals surface area contributed by atoms with Crippen molar-refractivity contribution in [1.29, 1.82) is 0 Å². The number of allylic oxidation sites excluding steroid dienone is 2. The first-order chi connectivity index (χ1) is 11.0. The zero-order chi connectivity index (χ0) is 17.4. The van der Waals surface area contributed by atoms with Crippen LogP contribution < -0.4 is 0 Å². The van der Waals surface area contributed by atoms with Gasteiger partial charge in [-0.1, -0.05) is 19.9 Å². The maximum atomic E-state index is 13.0. The van der Waals surface area contributed by atoms with E-state index < -0.39 is 6.43 Å². The lowest BCUT2D eigenvalue weighted by Gasteiger charge is -2.22. The number of hydrogen-bond donors (Lipinski definition) is 1. The molecule has 23 heavy (non-hydrogen) atoms. The third-order valence-corrected chi connectivity index (χ3v) is 3.65. The maximum Gasteiger partial charge on any atom is 0.309 e. The van der Waals surface area contributed by atoms with Crippen molar-refractivity contribution in [3.63, 3.8) is 0 Å². The molecular formula is C18H24F2O3. The molecule has 5 heteroatoms. The topological polar surface area (TPSA) is 46.5 Å². The van der Waals surface area contributed by atoms with Crippen LogP contribution in [0.4, 0.5) is 8.78 Å². The van der Waals surface area contributed by atoms with Gasteiger partial charge in [0.15, 0.2) is 0 Å². The third-order valence-electron chi connectivity index (χ3n) is 3.65. The lowest BCUT2D eigenvalue weighted by atomic mass is 9.85. The summed E-state index contributed by atoms with van der Waals surface area (Å²) < 4.78 is 31.0. The highest BCUT2D eigenvalue weighted by Gasteiger charge is 2.25. The standard InChI is InChI=1S/C16H18F2O3.C2H6/c1-2-21-16(20)11-5-3-10(4-6-11)14-9-12(19)7-8-13(14)15(17)18;1-2/h3,7-9,11,15,19H,2,4-6H2,1H3;1-2H3. The second-order valence-corrected chi connectivity index (χ2v) is 5.02. The van der Waals surface area contributed by atoms with Gasteiger partial charge in [-0.25, -0.2) is 8.78 Å². The minimum Gasteiger partial charge on any atom is -0.508 e. The number of aromatic hydroxyl groups is 1. The smallest absolute Gasteiger partial charge is 0.309 e. The minimum absolute atomic E-state index is 0.0391. The van der Waals surface area contributed by atoms with Crippen molar-refractivity contribution in [2.45, 2.75) is 46.5 Å². The molecule has 0 aliphatic heterocycles. The number of ether oxygens (including phenoxy) is 1. The molecule has 0 amide bonds. The molecule has 3 nitrogen and oxygen atoms in total. The number of rotatable bonds is 4. The zero-order valence-electron chi connectivity index (χ0n) is 13.8. The quantitative estimate of drug-likeness (QED) is 0.783. The summed E-state index contributed by atoms with van der Waals surface area (Å²) in [5.41, 5.74) is 1.03. The van der Waals surface area contributed by atoms with Crippen LogP contribution in [0.5, 0.6) is 5.75 Å². The largest absolute Gasteiger partial charge is 0.508 e. The maximum absolute atomic E-state index is 13.0. The molecule has 0 radical (unpaired) electrons. The summed E-state index contributed by atoms with van der Waals surface area (Å²) in [4.78, 5) is 11.7. The summed E-state index contributed by atoms with van der Waals surface area (Å²) in [6, 6.07) is 3.86. The van der Waals surface area contributed by atoms with Gasteiger partial charge in [-0.05, 0) is 55.5 Å². The summed E-state index contributed by atoms with van der Waals surface area (Å²) >= 11 is 0. The average Bonchev–Trinajstić information content (AvgIpc) is 2.56. The Morgan fingerprint density at radius 2 is 2.09 bits per heavy atom. The van der Waals surface area contributed by atoms with Gasteiger partial charge in [0.1, 0.15) is 5.75 Å². The van der Waals surface area contributed by atoms with Gasteiger partial charge in [-0.3, -0.25) is 4.79 Å². The highest BCUT2D eigenvalue weighted by atomic mass is 19.3. The summed E-state index contributed by atoms with van der Waals surface area (Å²) in [6.07, 6.45) is 0.776. The van der Waals surface area contributed by atoms with Crippen LogP contribution in [0.25, 0.3) is 5.57 Å². The van der Waals surface area contributed by atoms with E-state index in [-0.39, 0.29) is 23.2 Å². The van der Waals surface area contributed by atoms with Gasteiger partial charge in [0, 0.05) is 5.56 Å². The van der Waals surface area contributed by atoms with Crippen LogP contribution in [0.15, 0.2) is 24.3 Å². The first-order valence-corrected chi connectivity index (χ1v) is 8.00. The Morgan fingerprint density at radius 3 is 2.61 bits per heavy atom. The Labute approximate surface area is 136 Å². The second kappa shape index (κ2) is 9.28. The number of benzene rings is 1. The number of carbonyl (C=O) groups is 1. The first kappa shape index (κ1) is 19.1. The fourth-order valence-corrected chi connectivity index (χ4v) is 2.57. The number of halogens is 2. The molecule has 0 fully saturated rings. The highest BCUT2D eigenvalue weighted by Crippen LogP contribution is 2.37. The van der Waals surface area contributed by atoms with Crippen LogP contribution in [0.1, 0.15) is 57.6 Å². The van der Waals surface area contributed by atoms with Gasteiger partial charge in [-0.15, -0.1) is 0 Å². The van der Waals surface area contributed by atoms with Crippen LogP contribution in [-0.2, 0) is 9.53 Å². The number of alkyl halides is 2. The van der Waals surface area contributed by atoms with Gasteiger partial charge in [0.2, 0.25) is 0 Å². The minimum atomic E-state index is -2.59. The van der Waals surface area contributed by atoms with Crippen LogP contribution in [0.2, 0.25) is 0 Å². The third kappa shape index (κ3) is 5.05. The van der Waals surface area contributed by atoms with Crippen LogP contribution in [-0.4, -0.2) is 17.7 Å². The van der Waals surface area contributed by atoms with E-state index in [9.17, 15) is 18.7 Å². The van der Waals surface area contributed by atoms with Crippen molar-refractivity contribution < 1.29 is 23.4 Å². The molecule has 0 saturated carbocycles. The van der Waals surface area contributed by atoms with Crippen LogP contribution >= 0.6 is 0 Å². The molecular weight excluding hydrogens is 302 g/mol. The monoisotopic (exact) mass is 326 g/mol. The van der Waals surface area contributed by atoms with E-state index in [4.69, 9.17) is 4.74 Å². The Kier molecular flexibility index (Phi) is 7.72. The number of hydrogen-bond acceptors (Lipinski definition) is 3. The van der Waals surface area contributed by atoms with Crippen molar-refractivity contribution in [1.82, 2.24) is 0 Å². The lowest BCUT2D eigenvalue weighted by molar-refractivity contribution is -0.148. The zero-order valence-corrected chi connectivity index (χ0v) is 13.8. The Hall–Kier alpha value is -1.91. The Balaban J connectivity index is 0.00000127. The summed E-state index contributed by atoms with van der Waals surface area (Å²) in [5.74, 6) is -0.485. The fourth-order valence-electron chi connectivity index (χ4n) is 2.57. The van der Waals surface area contributed by atoms with Crippen LogP contribution in [0, 0.1) is 5.92 Å². The van der Waals surface area contributed by atoms with Crippen molar-refractivity contribution in [2.75, 3.05) is 6.61 Å². The molecule has 1 aliphatic rings. The fraction of sp³-hybridized carbons (Fsp3) is 0.500. The number of carbonyl (C=O) groups excluding carboxylic acids is 1. The van der Waals surface area contributed by atoms with Crippen LogP contribution in [0.3, 0.4) is 0 Å². The predicted octanol–water partition coefficient (Wildman–Crippen LogP) is 5.10. The first-order valence-electron chi connectivity index (χ1n) is 8.00. The predicted molar refractivity (Wildman–Crippen MR) is 86.4 cm³/mol. The summed E-state index contributed by atoms with van der Waals surface area (Å²) in [6.45, 7) is 6.09. The highest BCUT2D eigenvalue weighted by molar-refractivity contribution is 5.76. The SMILES string of the molecule is CC.CCOC(=O)C1CC=C(c2cc(O)ccc2C(F)F)CC1. The van der Waals surface area contributed by atoms with Gasteiger partial charge in [0.25, 0.3) is 6.43 Å². The van der Waals surface area contributed by atoms with Gasteiger partial charge in [-0.2, -0.15) is 0 Å². The molecule has 1 unspecified atom stereocenters. The molecule has 0 saturated heterocycles. The molecule has 128 valence electrons. The van der Waals surface area contributed by atoms with E-state index in [2.05, 4.69) is 0 Å². The van der Waals surface area contributed by atoms with Gasteiger partial charge >= 0.3 is 5.97 Å². The van der Waals surface area contributed by atoms with E-state index >= 15 is 0 Å². The number of esters is 1. The van der Waals surface area contributed by atoms with E-state index in [1.54, 1.807) is 13.0 Å². The lowest BCUT2D eigenvalue weighted by Crippen LogP contribution is -2.19. The molecule has 2 rings (SSSR count). The Morgan fingerprint density at radius 1 is 1.39 bits per heavy atom. The molecule has 0 aromatic heterocycles. The molecule has 1 aromatic rings. The average molecular weight is 326 g/mol. The molecule has 1 N–H and O–H groups in total. The Bertz CT molecular complexity index is 553. The summed E-state index contributed by atoms with van der Waals surface area (Å²) in [7, 11) is 0. The van der Waals surface area contributed by atoms with Gasteiger partial charge in [0.05, 0.1) is 12.5 Å². The van der Waals surface area contributed by atoms with E-state index in [0.717, 1.165) is 5.57 Å².